The summed E-state index contributed by atoms with van der Waals surface area (Å²) in [6, 6.07) is 3.82. The van der Waals surface area contributed by atoms with E-state index in [1.807, 2.05) is 0 Å². The molecule has 2 heterocycles. The van der Waals surface area contributed by atoms with Crippen LogP contribution in [0.25, 0.3) is 0 Å². The molecule has 1 amide bonds. The largest absolute Gasteiger partial charge is 0.480 e. The Morgan fingerprint density at radius 3 is 2.79 bits per heavy atom. The summed E-state index contributed by atoms with van der Waals surface area (Å²) < 4.78 is 32.2. The predicted molar refractivity (Wildman–Crippen MR) is 82.5 cm³/mol. The van der Waals surface area contributed by atoms with Crippen molar-refractivity contribution in [1.82, 2.24) is 9.62 Å². The maximum Gasteiger partial charge on any atom is 0.326 e. The van der Waals surface area contributed by atoms with Crippen LogP contribution in [-0.2, 0) is 37.6 Å². The number of nitrogens with one attached hydrogen (secondary N) is 1. The molecular formula is C15H18N2O6S. The number of nitrogens with zero attached hydrogens (tertiary/aromatic N) is 1. The first kappa shape index (κ1) is 16.9. The number of hydrogen-bond donors (Lipinski definition) is 2. The molecule has 0 spiro atoms. The zero-order valence-electron chi connectivity index (χ0n) is 12.9. The molecular weight excluding hydrogens is 336 g/mol. The normalized spacial score (nSPS) is 20.2. The van der Waals surface area contributed by atoms with Crippen LogP contribution in [0.3, 0.4) is 0 Å². The molecule has 0 radical (unpaired) electrons. The van der Waals surface area contributed by atoms with Gasteiger partial charge in [-0.15, -0.1) is 0 Å². The fourth-order valence-corrected chi connectivity index (χ4v) is 4.00. The molecule has 3 rings (SSSR count). The third kappa shape index (κ3) is 3.28. The highest BCUT2D eigenvalue weighted by molar-refractivity contribution is 7.89. The van der Waals surface area contributed by atoms with E-state index in [2.05, 4.69) is 4.72 Å². The van der Waals surface area contributed by atoms with Crippen molar-refractivity contribution in [3.8, 4) is 0 Å². The Morgan fingerprint density at radius 2 is 2.04 bits per heavy atom. The number of rotatable bonds is 5. The van der Waals surface area contributed by atoms with Crippen LogP contribution in [0.15, 0.2) is 23.1 Å². The van der Waals surface area contributed by atoms with Gasteiger partial charge in [-0.05, 0) is 36.1 Å². The van der Waals surface area contributed by atoms with E-state index in [4.69, 9.17) is 9.84 Å². The number of ether oxygens (including phenoxy) is 1. The molecule has 1 saturated heterocycles. The number of carboxylic acids is 1. The molecule has 2 N–H and O–H groups in total. The van der Waals surface area contributed by atoms with E-state index in [9.17, 15) is 18.0 Å². The molecule has 2 aliphatic heterocycles. The van der Waals surface area contributed by atoms with Gasteiger partial charge in [0, 0.05) is 6.54 Å². The number of amides is 1. The molecule has 1 aromatic rings. The van der Waals surface area contributed by atoms with Crippen molar-refractivity contribution < 1.29 is 27.9 Å². The van der Waals surface area contributed by atoms with Gasteiger partial charge < -0.3 is 14.7 Å². The first-order valence-electron chi connectivity index (χ1n) is 7.60. The lowest BCUT2D eigenvalue weighted by Crippen LogP contribution is -2.45. The van der Waals surface area contributed by atoms with Gasteiger partial charge in [0.05, 0.1) is 24.7 Å². The molecule has 0 saturated carbocycles. The summed E-state index contributed by atoms with van der Waals surface area (Å²) in [5.41, 5.74) is 1.76. The summed E-state index contributed by atoms with van der Waals surface area (Å²) in [5.74, 6) is -1.60. The topological polar surface area (TPSA) is 113 Å². The Hall–Kier alpha value is -1.97. The second-order valence-corrected chi connectivity index (χ2v) is 7.60. The van der Waals surface area contributed by atoms with E-state index in [0.29, 0.717) is 32.6 Å². The van der Waals surface area contributed by atoms with Crippen LogP contribution in [0.5, 0.6) is 0 Å². The second kappa shape index (κ2) is 6.50. The minimum Gasteiger partial charge on any atom is -0.480 e. The van der Waals surface area contributed by atoms with Gasteiger partial charge in [-0.25, -0.2) is 17.9 Å². The fraction of sp³-hybridized carbons (Fsp3) is 0.467. The van der Waals surface area contributed by atoms with E-state index in [0.717, 1.165) is 11.1 Å². The molecule has 1 atom stereocenters. The smallest absolute Gasteiger partial charge is 0.326 e. The highest BCUT2D eigenvalue weighted by Gasteiger charge is 2.34. The predicted octanol–water partition coefficient (Wildman–Crippen LogP) is 0.0707. The summed E-state index contributed by atoms with van der Waals surface area (Å²) in [7, 11) is -3.84. The van der Waals surface area contributed by atoms with E-state index >= 15 is 0 Å². The summed E-state index contributed by atoms with van der Waals surface area (Å²) >= 11 is 0. The SMILES string of the molecule is O=C(O)[C@H]1CCCN1C(=O)CNS(=O)(=O)c1ccc2c(c1)COC2. The quantitative estimate of drug-likeness (QED) is 0.774. The van der Waals surface area contributed by atoms with Crippen molar-refractivity contribution in [3.05, 3.63) is 29.3 Å². The van der Waals surface area contributed by atoms with Gasteiger partial charge in [-0.1, -0.05) is 6.07 Å². The minimum absolute atomic E-state index is 0.0655. The number of carbonyl (C=O) groups excluding carboxylic acids is 1. The standard InChI is InChI=1S/C15H18N2O6S/c18-14(17-5-1-2-13(17)15(19)20)7-16-24(21,22)12-4-3-10-8-23-9-11(10)6-12/h3-4,6,13,16H,1-2,5,7-9H2,(H,19,20)/t13-/m1/s1. The van der Waals surface area contributed by atoms with Crippen molar-refractivity contribution in [3.63, 3.8) is 0 Å². The number of sulfonamides is 1. The highest BCUT2D eigenvalue weighted by Crippen LogP contribution is 2.23. The Kier molecular flexibility index (Phi) is 4.57. The summed E-state index contributed by atoms with van der Waals surface area (Å²) in [6.07, 6.45) is 0.985. The maximum atomic E-state index is 12.3. The first-order valence-corrected chi connectivity index (χ1v) is 9.08. The number of likely N-dealkylation sites (tertiary alicyclic amines) is 1. The maximum absolute atomic E-state index is 12.3. The van der Waals surface area contributed by atoms with E-state index in [-0.39, 0.29) is 4.90 Å². The summed E-state index contributed by atoms with van der Waals surface area (Å²) in [6.45, 7) is 0.701. The zero-order valence-corrected chi connectivity index (χ0v) is 13.7. The first-order chi connectivity index (χ1) is 11.4. The molecule has 0 aromatic heterocycles. The van der Waals surface area contributed by atoms with Crippen molar-refractivity contribution >= 4 is 21.9 Å². The van der Waals surface area contributed by atoms with Crippen LogP contribution in [0.1, 0.15) is 24.0 Å². The number of benzene rings is 1. The van der Waals surface area contributed by atoms with Crippen molar-refractivity contribution in [1.29, 1.82) is 0 Å². The monoisotopic (exact) mass is 354 g/mol. The molecule has 0 unspecified atom stereocenters. The number of fused-ring (bicyclic) bond motifs is 1. The van der Waals surface area contributed by atoms with Gasteiger partial charge in [-0.3, -0.25) is 4.79 Å². The number of carboxylic acid groups (broad SMARTS) is 1. The lowest BCUT2D eigenvalue weighted by Gasteiger charge is -2.21. The average molecular weight is 354 g/mol. The van der Waals surface area contributed by atoms with Crippen LogP contribution in [0.4, 0.5) is 0 Å². The van der Waals surface area contributed by atoms with Crippen LogP contribution < -0.4 is 4.72 Å². The van der Waals surface area contributed by atoms with Gasteiger partial charge in [0.25, 0.3) is 0 Å². The Labute approximate surface area is 139 Å². The zero-order chi connectivity index (χ0) is 17.3. The Morgan fingerprint density at radius 1 is 1.29 bits per heavy atom. The Bertz CT molecular complexity index is 776. The van der Waals surface area contributed by atoms with Crippen LogP contribution in [0.2, 0.25) is 0 Å². The van der Waals surface area contributed by atoms with Gasteiger partial charge in [0.1, 0.15) is 6.04 Å². The lowest BCUT2D eigenvalue weighted by molar-refractivity contribution is -0.147. The fourth-order valence-electron chi connectivity index (χ4n) is 2.98. The molecule has 1 aromatic carbocycles. The number of aliphatic carboxylic acids is 1. The molecule has 130 valence electrons. The molecule has 1 fully saturated rings. The Balaban J connectivity index is 1.67. The van der Waals surface area contributed by atoms with E-state index in [1.54, 1.807) is 6.07 Å². The van der Waals surface area contributed by atoms with Crippen LogP contribution in [0, 0.1) is 0 Å². The van der Waals surface area contributed by atoms with Gasteiger partial charge in [-0.2, -0.15) is 0 Å². The number of carbonyl (C=O) groups is 2. The molecule has 24 heavy (non-hydrogen) atoms. The highest BCUT2D eigenvalue weighted by atomic mass is 32.2. The van der Waals surface area contributed by atoms with Gasteiger partial charge >= 0.3 is 5.97 Å². The molecule has 8 nitrogen and oxygen atoms in total. The summed E-state index contributed by atoms with van der Waals surface area (Å²) in [5, 5.41) is 9.08. The van der Waals surface area contributed by atoms with Crippen LogP contribution >= 0.6 is 0 Å². The van der Waals surface area contributed by atoms with Gasteiger partial charge in [0.2, 0.25) is 15.9 Å². The van der Waals surface area contributed by atoms with Crippen LogP contribution in [-0.4, -0.2) is 49.4 Å². The molecule has 9 heteroatoms. The molecule has 2 aliphatic rings. The van der Waals surface area contributed by atoms with Crippen molar-refractivity contribution in [2.75, 3.05) is 13.1 Å². The molecule has 0 bridgehead atoms. The van der Waals surface area contributed by atoms with Crippen molar-refractivity contribution in [2.24, 2.45) is 0 Å². The molecule has 0 aliphatic carbocycles. The van der Waals surface area contributed by atoms with E-state index in [1.165, 1.54) is 17.0 Å². The number of hydrogen-bond acceptors (Lipinski definition) is 5. The summed E-state index contributed by atoms with van der Waals surface area (Å²) in [4.78, 5) is 24.5. The van der Waals surface area contributed by atoms with E-state index < -0.39 is 34.5 Å². The third-order valence-corrected chi connectivity index (χ3v) is 5.67. The van der Waals surface area contributed by atoms with Gasteiger partial charge in [0.15, 0.2) is 0 Å². The van der Waals surface area contributed by atoms with Crippen molar-refractivity contribution in [2.45, 2.75) is 37.0 Å². The average Bonchev–Trinajstić information content (AvgIpc) is 3.20. The lowest BCUT2D eigenvalue weighted by atomic mass is 10.1. The second-order valence-electron chi connectivity index (χ2n) is 5.83. The third-order valence-electron chi connectivity index (χ3n) is 4.27. The minimum atomic E-state index is -3.84.